The molecule has 1 amide bonds. The van der Waals surface area contributed by atoms with Gasteiger partial charge in [0, 0.05) is 30.0 Å². The van der Waals surface area contributed by atoms with E-state index in [1.807, 2.05) is 23.1 Å². The molecule has 1 aromatic rings. The molecule has 2 atom stereocenters. The van der Waals surface area contributed by atoms with E-state index in [2.05, 4.69) is 28.9 Å². The van der Waals surface area contributed by atoms with Crippen molar-refractivity contribution >= 4 is 21.8 Å². The summed E-state index contributed by atoms with van der Waals surface area (Å²) in [6, 6.07) is 8.35. The van der Waals surface area contributed by atoms with Gasteiger partial charge in [0.25, 0.3) is 0 Å². The number of rotatable bonds is 4. The predicted molar refractivity (Wildman–Crippen MR) is 81.0 cm³/mol. The fourth-order valence-corrected chi connectivity index (χ4v) is 3.45. The molecule has 1 fully saturated rings. The van der Waals surface area contributed by atoms with Crippen LogP contribution in [0.15, 0.2) is 28.7 Å². The van der Waals surface area contributed by atoms with Crippen molar-refractivity contribution in [3.63, 3.8) is 0 Å². The van der Waals surface area contributed by atoms with Crippen LogP contribution in [-0.4, -0.2) is 29.9 Å². The normalized spacial score (nSPS) is 20.6. The minimum Gasteiger partial charge on any atom is -0.338 e. The molecule has 1 aromatic carbocycles. The van der Waals surface area contributed by atoms with Gasteiger partial charge >= 0.3 is 0 Å². The van der Waals surface area contributed by atoms with Gasteiger partial charge in [0.2, 0.25) is 5.91 Å². The Hall–Kier alpha value is -0.870. The van der Waals surface area contributed by atoms with E-state index in [1.54, 1.807) is 0 Å². The fourth-order valence-electron chi connectivity index (χ4n) is 2.77. The summed E-state index contributed by atoms with van der Waals surface area (Å²) in [6.07, 6.45) is 2.68. The Labute approximate surface area is 123 Å². The van der Waals surface area contributed by atoms with E-state index in [4.69, 9.17) is 5.73 Å². The van der Waals surface area contributed by atoms with Crippen molar-refractivity contribution in [1.29, 1.82) is 0 Å². The van der Waals surface area contributed by atoms with Gasteiger partial charge in [-0.15, -0.1) is 0 Å². The average Bonchev–Trinajstić information content (AvgIpc) is 2.87. The van der Waals surface area contributed by atoms with Crippen molar-refractivity contribution in [3.05, 3.63) is 34.3 Å². The molecular weight excluding hydrogens is 304 g/mol. The van der Waals surface area contributed by atoms with E-state index in [0.717, 1.165) is 23.9 Å². The van der Waals surface area contributed by atoms with Crippen molar-refractivity contribution in [2.75, 3.05) is 13.1 Å². The number of hydrogen-bond acceptors (Lipinski definition) is 2. The molecule has 3 nitrogen and oxygen atoms in total. The summed E-state index contributed by atoms with van der Waals surface area (Å²) < 4.78 is 1.08. The minimum atomic E-state index is 0.224. The maximum atomic E-state index is 12.4. The zero-order valence-corrected chi connectivity index (χ0v) is 12.9. The summed E-state index contributed by atoms with van der Waals surface area (Å²) in [7, 11) is 0. The van der Waals surface area contributed by atoms with Gasteiger partial charge in [-0.05, 0) is 30.4 Å². The van der Waals surface area contributed by atoms with Crippen LogP contribution < -0.4 is 5.73 Å². The molecular formula is C15H21BrN2O. The third-order valence-electron chi connectivity index (χ3n) is 3.89. The second-order valence-corrected chi connectivity index (χ2v) is 6.10. The Morgan fingerprint density at radius 1 is 1.53 bits per heavy atom. The number of carbonyl (C=O) groups is 1. The first-order chi connectivity index (χ1) is 9.13. The number of halogens is 1. The number of nitrogens with zero attached hydrogens (tertiary/aromatic N) is 1. The number of carbonyl (C=O) groups excluding carboxylic acids is 1. The molecule has 1 aliphatic rings. The first kappa shape index (κ1) is 14.5. The average molecular weight is 325 g/mol. The summed E-state index contributed by atoms with van der Waals surface area (Å²) in [6.45, 7) is 3.55. The van der Waals surface area contributed by atoms with Crippen LogP contribution in [0.2, 0.25) is 0 Å². The van der Waals surface area contributed by atoms with E-state index >= 15 is 0 Å². The molecule has 1 heterocycles. The maximum absolute atomic E-state index is 12.4. The van der Waals surface area contributed by atoms with Gasteiger partial charge in [-0.25, -0.2) is 0 Å². The third-order valence-corrected chi connectivity index (χ3v) is 4.61. The third kappa shape index (κ3) is 3.37. The van der Waals surface area contributed by atoms with Crippen LogP contribution in [0, 0.1) is 0 Å². The zero-order valence-electron chi connectivity index (χ0n) is 11.3. The highest BCUT2D eigenvalue weighted by Gasteiger charge is 2.28. The van der Waals surface area contributed by atoms with Gasteiger partial charge in [0.15, 0.2) is 0 Å². The Balaban J connectivity index is 2.01. The molecule has 0 spiro atoms. The lowest BCUT2D eigenvalue weighted by Crippen LogP contribution is -2.40. The molecule has 1 saturated heterocycles. The SMILES string of the molecule is C[C@H](CC(=O)N1CCC[C@@H]1CN)c1ccccc1Br. The topological polar surface area (TPSA) is 46.3 Å². The number of likely N-dealkylation sites (tertiary alicyclic amines) is 1. The number of amides is 1. The monoisotopic (exact) mass is 324 g/mol. The zero-order chi connectivity index (χ0) is 13.8. The summed E-state index contributed by atoms with van der Waals surface area (Å²) in [5.41, 5.74) is 6.92. The quantitative estimate of drug-likeness (QED) is 0.925. The van der Waals surface area contributed by atoms with Crippen LogP contribution in [0.1, 0.15) is 37.7 Å². The van der Waals surface area contributed by atoms with Gasteiger partial charge in [-0.1, -0.05) is 41.1 Å². The number of benzene rings is 1. The lowest BCUT2D eigenvalue weighted by molar-refractivity contribution is -0.132. The molecule has 0 aromatic heterocycles. The molecule has 0 radical (unpaired) electrons. The van der Waals surface area contributed by atoms with Crippen LogP contribution >= 0.6 is 15.9 Å². The Kier molecular flexibility index (Phi) is 4.99. The highest BCUT2D eigenvalue weighted by atomic mass is 79.9. The van der Waals surface area contributed by atoms with Gasteiger partial charge in [0.05, 0.1) is 0 Å². The smallest absolute Gasteiger partial charge is 0.223 e. The molecule has 19 heavy (non-hydrogen) atoms. The summed E-state index contributed by atoms with van der Waals surface area (Å²) >= 11 is 3.55. The molecule has 104 valence electrons. The lowest BCUT2D eigenvalue weighted by Gasteiger charge is -2.25. The molecule has 4 heteroatoms. The van der Waals surface area contributed by atoms with Gasteiger partial charge in [-0.2, -0.15) is 0 Å². The second kappa shape index (κ2) is 6.53. The molecule has 2 N–H and O–H groups in total. The maximum Gasteiger partial charge on any atom is 0.223 e. The van der Waals surface area contributed by atoms with E-state index in [-0.39, 0.29) is 17.9 Å². The molecule has 2 rings (SSSR count). The van der Waals surface area contributed by atoms with E-state index in [1.165, 1.54) is 5.56 Å². The minimum absolute atomic E-state index is 0.224. The molecule has 0 bridgehead atoms. The Morgan fingerprint density at radius 2 is 2.26 bits per heavy atom. The first-order valence-corrected chi connectivity index (χ1v) is 7.66. The van der Waals surface area contributed by atoms with Crippen molar-refractivity contribution in [2.24, 2.45) is 5.73 Å². The highest BCUT2D eigenvalue weighted by Crippen LogP contribution is 2.28. The van der Waals surface area contributed by atoms with Crippen LogP contribution in [0.25, 0.3) is 0 Å². The van der Waals surface area contributed by atoms with E-state index in [9.17, 15) is 4.79 Å². The van der Waals surface area contributed by atoms with Gasteiger partial charge < -0.3 is 10.6 Å². The van der Waals surface area contributed by atoms with E-state index < -0.39 is 0 Å². The molecule has 0 saturated carbocycles. The highest BCUT2D eigenvalue weighted by molar-refractivity contribution is 9.10. The van der Waals surface area contributed by atoms with Gasteiger partial charge in [0.1, 0.15) is 0 Å². The Morgan fingerprint density at radius 3 is 2.95 bits per heavy atom. The van der Waals surface area contributed by atoms with Crippen molar-refractivity contribution in [2.45, 2.75) is 38.1 Å². The van der Waals surface area contributed by atoms with Crippen LogP contribution in [-0.2, 0) is 4.79 Å². The molecule has 1 aliphatic heterocycles. The second-order valence-electron chi connectivity index (χ2n) is 5.25. The van der Waals surface area contributed by atoms with Crippen LogP contribution in [0.4, 0.5) is 0 Å². The fraction of sp³-hybridized carbons (Fsp3) is 0.533. The largest absolute Gasteiger partial charge is 0.338 e. The Bertz CT molecular complexity index is 450. The summed E-state index contributed by atoms with van der Waals surface area (Å²) in [5, 5.41) is 0. The summed E-state index contributed by atoms with van der Waals surface area (Å²) in [5.74, 6) is 0.457. The summed E-state index contributed by atoms with van der Waals surface area (Å²) in [4.78, 5) is 14.3. The molecule has 0 aliphatic carbocycles. The van der Waals surface area contributed by atoms with Gasteiger partial charge in [-0.3, -0.25) is 4.79 Å². The van der Waals surface area contributed by atoms with Crippen LogP contribution in [0.5, 0.6) is 0 Å². The predicted octanol–water partition coefficient (Wildman–Crippen LogP) is 2.89. The first-order valence-electron chi connectivity index (χ1n) is 6.87. The van der Waals surface area contributed by atoms with Crippen molar-refractivity contribution in [3.8, 4) is 0 Å². The van der Waals surface area contributed by atoms with E-state index in [0.29, 0.717) is 13.0 Å². The van der Waals surface area contributed by atoms with Crippen LogP contribution in [0.3, 0.4) is 0 Å². The lowest BCUT2D eigenvalue weighted by atomic mass is 9.97. The molecule has 0 unspecified atom stereocenters. The standard InChI is InChI=1S/C15H21BrN2O/c1-11(13-6-2-3-7-14(13)16)9-15(19)18-8-4-5-12(18)10-17/h2-3,6-7,11-12H,4-5,8-10,17H2,1H3/t11-,12-/m1/s1. The number of nitrogens with two attached hydrogens (primary N) is 1. The van der Waals surface area contributed by atoms with Crippen molar-refractivity contribution in [1.82, 2.24) is 4.90 Å². The van der Waals surface area contributed by atoms with Crippen molar-refractivity contribution < 1.29 is 4.79 Å². The number of hydrogen-bond donors (Lipinski definition) is 1.